The van der Waals surface area contributed by atoms with E-state index in [0.717, 1.165) is 36.4 Å². The van der Waals surface area contributed by atoms with Crippen LogP contribution in [0.2, 0.25) is 0 Å². The van der Waals surface area contributed by atoms with Crippen molar-refractivity contribution in [3.05, 3.63) is 30.1 Å². The van der Waals surface area contributed by atoms with Crippen molar-refractivity contribution in [2.24, 2.45) is 0 Å². The Bertz CT molecular complexity index is 547. The van der Waals surface area contributed by atoms with Crippen LogP contribution in [0.15, 0.2) is 24.3 Å². The second-order valence-electron chi connectivity index (χ2n) is 4.65. The van der Waals surface area contributed by atoms with Gasteiger partial charge in [0.2, 0.25) is 5.91 Å². The summed E-state index contributed by atoms with van der Waals surface area (Å²) in [4.78, 5) is 21.3. The fourth-order valence-electron chi connectivity index (χ4n) is 2.33. The molecule has 0 aliphatic carbocycles. The van der Waals surface area contributed by atoms with E-state index in [1.807, 2.05) is 29.2 Å². The number of hydrogen-bond acceptors (Lipinski definition) is 3. The van der Waals surface area contributed by atoms with Crippen LogP contribution < -0.4 is 0 Å². The molecular formula is C13H15N3OS. The van der Waals surface area contributed by atoms with Crippen molar-refractivity contribution in [2.75, 3.05) is 13.1 Å². The van der Waals surface area contributed by atoms with Gasteiger partial charge in [-0.2, -0.15) is 12.6 Å². The molecule has 0 saturated carbocycles. The minimum atomic E-state index is 0.188. The number of thiol groups is 1. The highest BCUT2D eigenvalue weighted by atomic mass is 32.1. The van der Waals surface area contributed by atoms with Crippen LogP contribution in [-0.4, -0.2) is 39.1 Å². The number of nitrogens with one attached hydrogen (secondary N) is 1. The van der Waals surface area contributed by atoms with Crippen molar-refractivity contribution in [1.29, 1.82) is 0 Å². The number of fused-ring (bicyclic) bond motifs is 1. The van der Waals surface area contributed by atoms with Gasteiger partial charge >= 0.3 is 0 Å². The average molecular weight is 261 g/mol. The second kappa shape index (κ2) is 4.65. The van der Waals surface area contributed by atoms with Gasteiger partial charge in [0.25, 0.3) is 0 Å². The number of imidazole rings is 1. The van der Waals surface area contributed by atoms with Gasteiger partial charge in [-0.3, -0.25) is 4.79 Å². The number of rotatable bonds is 3. The van der Waals surface area contributed by atoms with Crippen molar-refractivity contribution < 1.29 is 4.79 Å². The molecule has 1 aliphatic rings. The van der Waals surface area contributed by atoms with Gasteiger partial charge in [0, 0.05) is 31.2 Å². The summed E-state index contributed by atoms with van der Waals surface area (Å²) in [5.74, 6) is 1.14. The lowest BCUT2D eigenvalue weighted by atomic mass is 10.3. The highest BCUT2D eigenvalue weighted by Gasteiger charge is 2.26. The second-order valence-corrected chi connectivity index (χ2v) is 5.38. The normalized spacial score (nSPS) is 19.9. The molecule has 0 radical (unpaired) electrons. The van der Waals surface area contributed by atoms with Crippen LogP contribution in [0, 0.1) is 0 Å². The quantitative estimate of drug-likeness (QED) is 0.825. The number of likely N-dealkylation sites (tertiary alicyclic amines) is 1. The van der Waals surface area contributed by atoms with Gasteiger partial charge in [-0.05, 0) is 12.1 Å². The average Bonchev–Trinajstić information content (AvgIpc) is 2.89. The number of H-pyrrole nitrogens is 1. The first-order chi connectivity index (χ1) is 8.72. The zero-order chi connectivity index (χ0) is 12.5. The van der Waals surface area contributed by atoms with E-state index in [1.54, 1.807) is 0 Å². The third-order valence-electron chi connectivity index (χ3n) is 3.25. The van der Waals surface area contributed by atoms with Gasteiger partial charge in [-0.1, -0.05) is 12.1 Å². The molecule has 1 fully saturated rings. The molecule has 3 rings (SSSR count). The Hall–Kier alpha value is -1.49. The van der Waals surface area contributed by atoms with Gasteiger partial charge in [0.05, 0.1) is 11.0 Å². The number of aromatic amines is 1. The monoisotopic (exact) mass is 261 g/mol. The van der Waals surface area contributed by atoms with Crippen molar-refractivity contribution in [1.82, 2.24) is 14.9 Å². The smallest absolute Gasteiger partial charge is 0.223 e. The third kappa shape index (κ3) is 2.22. The first-order valence-corrected chi connectivity index (χ1v) is 6.63. The van der Waals surface area contributed by atoms with Gasteiger partial charge in [-0.15, -0.1) is 0 Å². The first-order valence-electron chi connectivity index (χ1n) is 6.12. The first kappa shape index (κ1) is 11.6. The van der Waals surface area contributed by atoms with E-state index in [0.29, 0.717) is 6.42 Å². The molecule has 1 saturated heterocycles. The lowest BCUT2D eigenvalue weighted by Gasteiger charge is -2.14. The van der Waals surface area contributed by atoms with Crippen molar-refractivity contribution in [2.45, 2.75) is 18.1 Å². The number of hydrogen-bond donors (Lipinski definition) is 2. The van der Waals surface area contributed by atoms with E-state index in [1.165, 1.54) is 0 Å². The number of carbonyl (C=O) groups excluding carboxylic acids is 1. The highest BCUT2D eigenvalue weighted by Crippen LogP contribution is 2.16. The molecule has 0 spiro atoms. The Morgan fingerprint density at radius 1 is 1.44 bits per heavy atom. The number of carbonyl (C=O) groups is 1. The van der Waals surface area contributed by atoms with E-state index < -0.39 is 0 Å². The summed E-state index contributed by atoms with van der Waals surface area (Å²) in [6.45, 7) is 1.47. The maximum absolute atomic E-state index is 11.6. The lowest BCUT2D eigenvalue weighted by molar-refractivity contribution is -0.127. The molecule has 94 valence electrons. The van der Waals surface area contributed by atoms with E-state index in [-0.39, 0.29) is 11.2 Å². The summed E-state index contributed by atoms with van der Waals surface area (Å²) < 4.78 is 0. The predicted molar refractivity (Wildman–Crippen MR) is 73.8 cm³/mol. The molecule has 5 heteroatoms. The Morgan fingerprint density at radius 2 is 2.28 bits per heavy atom. The molecule has 18 heavy (non-hydrogen) atoms. The van der Waals surface area contributed by atoms with E-state index in [9.17, 15) is 4.79 Å². The standard InChI is InChI=1S/C13H15N3OS/c17-13-7-9(18)8-16(13)6-5-12-14-10-3-1-2-4-11(10)15-12/h1-4,9,18H,5-8H2,(H,14,15). The predicted octanol–water partition coefficient (Wildman–Crippen LogP) is 1.64. The van der Waals surface area contributed by atoms with Crippen molar-refractivity contribution in [3.8, 4) is 0 Å². The Labute approximate surface area is 111 Å². The van der Waals surface area contributed by atoms with Crippen molar-refractivity contribution in [3.63, 3.8) is 0 Å². The molecule has 1 N–H and O–H groups in total. The minimum Gasteiger partial charge on any atom is -0.342 e. The maximum atomic E-state index is 11.6. The highest BCUT2D eigenvalue weighted by molar-refractivity contribution is 7.81. The zero-order valence-electron chi connectivity index (χ0n) is 9.97. The summed E-state index contributed by atoms with van der Waals surface area (Å²) in [7, 11) is 0. The van der Waals surface area contributed by atoms with Gasteiger partial charge in [0.15, 0.2) is 0 Å². The molecule has 2 heterocycles. The van der Waals surface area contributed by atoms with E-state index in [4.69, 9.17) is 0 Å². The Morgan fingerprint density at radius 3 is 3.00 bits per heavy atom. The third-order valence-corrected chi connectivity index (χ3v) is 3.60. The van der Waals surface area contributed by atoms with Gasteiger partial charge < -0.3 is 9.88 Å². The molecule has 1 atom stereocenters. The summed E-state index contributed by atoms with van der Waals surface area (Å²) >= 11 is 4.35. The number of benzene rings is 1. The molecular weight excluding hydrogens is 246 g/mol. The Kier molecular flexibility index (Phi) is 2.99. The van der Waals surface area contributed by atoms with Gasteiger partial charge in [0.1, 0.15) is 5.82 Å². The van der Waals surface area contributed by atoms with Crippen LogP contribution in [-0.2, 0) is 11.2 Å². The fourth-order valence-corrected chi connectivity index (χ4v) is 2.69. The SMILES string of the molecule is O=C1CC(S)CN1CCc1nc2ccccc2[nH]1. The summed E-state index contributed by atoms with van der Waals surface area (Å²) in [6.07, 6.45) is 1.32. The van der Waals surface area contributed by atoms with E-state index >= 15 is 0 Å². The number of aromatic nitrogens is 2. The number of nitrogens with zero attached hydrogens (tertiary/aromatic N) is 2. The summed E-state index contributed by atoms with van der Waals surface area (Å²) in [6, 6.07) is 7.96. The zero-order valence-corrected chi connectivity index (χ0v) is 10.9. The van der Waals surface area contributed by atoms with Gasteiger partial charge in [-0.25, -0.2) is 4.98 Å². The van der Waals surface area contributed by atoms with Crippen LogP contribution >= 0.6 is 12.6 Å². The molecule has 1 amide bonds. The lowest BCUT2D eigenvalue weighted by Crippen LogP contribution is -2.27. The van der Waals surface area contributed by atoms with Crippen LogP contribution in [0.4, 0.5) is 0 Å². The minimum absolute atomic E-state index is 0.188. The molecule has 1 unspecified atom stereocenters. The number of amides is 1. The number of para-hydroxylation sites is 2. The molecule has 1 aliphatic heterocycles. The molecule has 2 aromatic rings. The topological polar surface area (TPSA) is 49.0 Å². The summed E-state index contributed by atoms with van der Waals surface area (Å²) in [5, 5.41) is 0.188. The van der Waals surface area contributed by atoms with Crippen LogP contribution in [0.5, 0.6) is 0 Å². The molecule has 4 nitrogen and oxygen atoms in total. The molecule has 1 aromatic heterocycles. The van der Waals surface area contributed by atoms with Crippen LogP contribution in [0.1, 0.15) is 12.2 Å². The largest absolute Gasteiger partial charge is 0.342 e. The maximum Gasteiger partial charge on any atom is 0.223 e. The van der Waals surface area contributed by atoms with Crippen LogP contribution in [0.25, 0.3) is 11.0 Å². The van der Waals surface area contributed by atoms with Crippen LogP contribution in [0.3, 0.4) is 0 Å². The van der Waals surface area contributed by atoms with Crippen molar-refractivity contribution >= 4 is 29.6 Å². The summed E-state index contributed by atoms with van der Waals surface area (Å²) in [5.41, 5.74) is 2.03. The fraction of sp³-hybridized carbons (Fsp3) is 0.385. The van der Waals surface area contributed by atoms with E-state index in [2.05, 4.69) is 22.6 Å². The molecule has 1 aromatic carbocycles. The Balaban J connectivity index is 1.68. The molecule has 0 bridgehead atoms.